The van der Waals surface area contributed by atoms with Crippen LogP contribution in [0, 0.1) is 5.82 Å². The van der Waals surface area contributed by atoms with Crippen LogP contribution in [0.25, 0.3) is 0 Å². The quantitative estimate of drug-likeness (QED) is 0.791. The van der Waals surface area contributed by atoms with Gasteiger partial charge in [0, 0.05) is 18.2 Å². The Balaban J connectivity index is 2.55. The van der Waals surface area contributed by atoms with E-state index in [2.05, 4.69) is 21.2 Å². The van der Waals surface area contributed by atoms with Crippen LogP contribution < -0.4 is 11.1 Å². The van der Waals surface area contributed by atoms with E-state index in [9.17, 15) is 9.18 Å². The number of hydrogen-bond donors (Lipinski definition) is 2. The van der Waals surface area contributed by atoms with Gasteiger partial charge in [0.25, 0.3) is 0 Å². The SMILES string of the molecule is COCCCC(N)C(=O)Nc1cc(F)ccc1Br. The Morgan fingerprint density at radius 1 is 1.61 bits per heavy atom. The Morgan fingerprint density at radius 3 is 3.00 bits per heavy atom. The van der Waals surface area contributed by atoms with E-state index < -0.39 is 11.9 Å². The van der Waals surface area contributed by atoms with E-state index in [1.807, 2.05) is 0 Å². The summed E-state index contributed by atoms with van der Waals surface area (Å²) in [6.07, 6.45) is 1.22. The van der Waals surface area contributed by atoms with Crippen LogP contribution >= 0.6 is 15.9 Å². The molecular formula is C12H16BrFN2O2. The lowest BCUT2D eigenvalue weighted by Crippen LogP contribution is -2.35. The maximum atomic E-state index is 13.0. The summed E-state index contributed by atoms with van der Waals surface area (Å²) in [6, 6.07) is 3.44. The fraction of sp³-hybridized carbons (Fsp3) is 0.417. The highest BCUT2D eigenvalue weighted by Gasteiger charge is 2.14. The second-order valence-corrected chi connectivity index (χ2v) is 4.71. The van der Waals surface area contributed by atoms with Crippen molar-refractivity contribution in [2.45, 2.75) is 18.9 Å². The number of anilines is 1. The van der Waals surface area contributed by atoms with Gasteiger partial charge in [0.05, 0.1) is 11.7 Å². The van der Waals surface area contributed by atoms with Crippen molar-refractivity contribution in [1.82, 2.24) is 0 Å². The molecule has 0 fully saturated rings. The highest BCUT2D eigenvalue weighted by atomic mass is 79.9. The average molecular weight is 319 g/mol. The minimum atomic E-state index is -0.629. The van der Waals surface area contributed by atoms with Gasteiger partial charge in [0.2, 0.25) is 5.91 Å². The summed E-state index contributed by atoms with van der Waals surface area (Å²) in [6.45, 7) is 0.560. The third-order valence-electron chi connectivity index (χ3n) is 2.39. The summed E-state index contributed by atoms with van der Waals surface area (Å²) < 4.78 is 18.5. The summed E-state index contributed by atoms with van der Waals surface area (Å²) in [5.74, 6) is -0.751. The number of hydrogen-bond acceptors (Lipinski definition) is 3. The van der Waals surface area contributed by atoms with Gasteiger partial charge in [-0.3, -0.25) is 4.79 Å². The Kier molecular flexibility index (Phi) is 6.24. The maximum absolute atomic E-state index is 13.0. The van der Waals surface area contributed by atoms with Crippen LogP contribution in [-0.4, -0.2) is 25.7 Å². The summed E-state index contributed by atoms with van der Waals surface area (Å²) in [5.41, 5.74) is 6.09. The predicted molar refractivity (Wildman–Crippen MR) is 71.8 cm³/mol. The molecule has 0 saturated heterocycles. The molecule has 1 aromatic carbocycles. The minimum absolute atomic E-state index is 0.336. The van der Waals surface area contributed by atoms with E-state index in [-0.39, 0.29) is 5.91 Å². The molecule has 1 unspecified atom stereocenters. The van der Waals surface area contributed by atoms with E-state index in [0.717, 1.165) is 0 Å². The first-order valence-corrected chi connectivity index (χ1v) is 6.34. The van der Waals surface area contributed by atoms with Gasteiger partial charge >= 0.3 is 0 Å². The molecule has 1 rings (SSSR count). The number of carbonyl (C=O) groups is 1. The number of benzene rings is 1. The highest BCUT2D eigenvalue weighted by Crippen LogP contribution is 2.23. The number of rotatable bonds is 6. The van der Waals surface area contributed by atoms with Gasteiger partial charge in [-0.15, -0.1) is 0 Å². The molecule has 0 saturated carbocycles. The number of nitrogens with one attached hydrogen (secondary N) is 1. The molecule has 0 aliphatic rings. The summed E-state index contributed by atoms with van der Waals surface area (Å²) in [5, 5.41) is 2.59. The zero-order valence-electron chi connectivity index (χ0n) is 10.1. The third kappa shape index (κ3) is 4.72. The number of carbonyl (C=O) groups excluding carboxylic acids is 1. The Labute approximate surface area is 114 Å². The van der Waals surface area contributed by atoms with Crippen molar-refractivity contribution < 1.29 is 13.9 Å². The summed E-state index contributed by atoms with van der Waals surface area (Å²) in [4.78, 5) is 11.7. The van der Waals surface area contributed by atoms with Crippen molar-refractivity contribution in [3.63, 3.8) is 0 Å². The van der Waals surface area contributed by atoms with Crippen LogP contribution in [0.3, 0.4) is 0 Å². The fourth-order valence-corrected chi connectivity index (χ4v) is 1.74. The molecule has 6 heteroatoms. The van der Waals surface area contributed by atoms with E-state index >= 15 is 0 Å². The van der Waals surface area contributed by atoms with Gasteiger partial charge in [-0.25, -0.2) is 4.39 Å². The zero-order valence-corrected chi connectivity index (χ0v) is 11.7. The number of amides is 1. The molecule has 0 radical (unpaired) electrons. The van der Waals surface area contributed by atoms with E-state index in [4.69, 9.17) is 10.5 Å². The molecule has 1 atom stereocenters. The molecule has 0 spiro atoms. The molecule has 18 heavy (non-hydrogen) atoms. The molecule has 0 aromatic heterocycles. The van der Waals surface area contributed by atoms with Gasteiger partial charge in [-0.05, 0) is 47.0 Å². The van der Waals surface area contributed by atoms with E-state index in [1.165, 1.54) is 18.2 Å². The molecular weight excluding hydrogens is 303 g/mol. The Bertz CT molecular complexity index is 415. The molecule has 0 aliphatic heterocycles. The lowest BCUT2D eigenvalue weighted by atomic mass is 10.1. The number of methoxy groups -OCH3 is 1. The molecule has 1 aromatic rings. The number of ether oxygens (including phenoxy) is 1. The van der Waals surface area contributed by atoms with Gasteiger partial charge in [0.15, 0.2) is 0 Å². The van der Waals surface area contributed by atoms with Crippen LogP contribution in [0.2, 0.25) is 0 Å². The number of nitrogens with two attached hydrogens (primary N) is 1. The first-order valence-electron chi connectivity index (χ1n) is 5.55. The van der Waals surface area contributed by atoms with Crippen LogP contribution in [0.15, 0.2) is 22.7 Å². The van der Waals surface area contributed by atoms with Crippen molar-refractivity contribution in [2.75, 3.05) is 19.0 Å². The monoisotopic (exact) mass is 318 g/mol. The largest absolute Gasteiger partial charge is 0.385 e. The van der Waals surface area contributed by atoms with Crippen molar-refractivity contribution in [3.8, 4) is 0 Å². The van der Waals surface area contributed by atoms with Gasteiger partial charge < -0.3 is 15.8 Å². The Hall–Kier alpha value is -0.980. The van der Waals surface area contributed by atoms with Crippen molar-refractivity contribution >= 4 is 27.5 Å². The first kappa shape index (κ1) is 15.1. The molecule has 0 bridgehead atoms. The van der Waals surface area contributed by atoms with Crippen molar-refractivity contribution in [3.05, 3.63) is 28.5 Å². The van der Waals surface area contributed by atoms with E-state index in [1.54, 1.807) is 7.11 Å². The first-order chi connectivity index (χ1) is 8.54. The van der Waals surface area contributed by atoms with Gasteiger partial charge in [-0.1, -0.05) is 0 Å². The second kappa shape index (κ2) is 7.45. The van der Waals surface area contributed by atoms with Crippen molar-refractivity contribution in [2.24, 2.45) is 5.73 Å². The van der Waals surface area contributed by atoms with Gasteiger partial charge in [-0.2, -0.15) is 0 Å². The zero-order chi connectivity index (χ0) is 13.5. The molecule has 3 N–H and O–H groups in total. The van der Waals surface area contributed by atoms with Gasteiger partial charge in [0.1, 0.15) is 5.82 Å². The second-order valence-electron chi connectivity index (χ2n) is 3.85. The topological polar surface area (TPSA) is 64.3 Å². The van der Waals surface area contributed by atoms with Crippen molar-refractivity contribution in [1.29, 1.82) is 0 Å². The molecule has 0 aliphatic carbocycles. The lowest BCUT2D eigenvalue weighted by Gasteiger charge is -2.13. The third-order valence-corrected chi connectivity index (χ3v) is 3.08. The van der Waals surface area contributed by atoms with E-state index in [0.29, 0.717) is 29.6 Å². The normalized spacial score (nSPS) is 12.2. The van der Waals surface area contributed by atoms with Crippen LogP contribution in [-0.2, 0) is 9.53 Å². The van der Waals surface area contributed by atoms with Crippen LogP contribution in [0.5, 0.6) is 0 Å². The Morgan fingerprint density at radius 2 is 2.33 bits per heavy atom. The standard InChI is InChI=1S/C12H16BrFN2O2/c1-18-6-2-3-10(15)12(17)16-11-7-8(14)4-5-9(11)13/h4-5,7,10H,2-3,6,15H2,1H3,(H,16,17). The highest BCUT2D eigenvalue weighted by molar-refractivity contribution is 9.10. The summed E-state index contributed by atoms with van der Waals surface area (Å²) in [7, 11) is 1.59. The molecule has 4 nitrogen and oxygen atoms in total. The molecule has 0 heterocycles. The maximum Gasteiger partial charge on any atom is 0.241 e. The number of halogens is 2. The van der Waals surface area contributed by atoms with Crippen LogP contribution in [0.4, 0.5) is 10.1 Å². The average Bonchev–Trinajstić information content (AvgIpc) is 2.34. The fourth-order valence-electron chi connectivity index (χ4n) is 1.40. The van der Waals surface area contributed by atoms with Crippen LogP contribution in [0.1, 0.15) is 12.8 Å². The molecule has 100 valence electrons. The lowest BCUT2D eigenvalue weighted by molar-refractivity contribution is -0.117. The molecule has 1 amide bonds. The minimum Gasteiger partial charge on any atom is -0.385 e. The predicted octanol–water partition coefficient (Wildman–Crippen LogP) is 2.28. The summed E-state index contributed by atoms with van der Waals surface area (Å²) >= 11 is 3.23. The smallest absolute Gasteiger partial charge is 0.241 e.